The lowest BCUT2D eigenvalue weighted by atomic mass is 10.0. The van der Waals surface area contributed by atoms with Gasteiger partial charge in [-0.1, -0.05) is 32.0 Å². The molecule has 0 saturated carbocycles. The van der Waals surface area contributed by atoms with Crippen molar-refractivity contribution in [3.05, 3.63) is 83.7 Å². The Kier molecular flexibility index (Phi) is 8.88. The molecular formula is C27H30FN3O5S. The van der Waals surface area contributed by atoms with E-state index in [-0.39, 0.29) is 28.2 Å². The molecule has 0 spiro atoms. The van der Waals surface area contributed by atoms with Crippen molar-refractivity contribution in [3.63, 3.8) is 0 Å². The Labute approximate surface area is 216 Å². The molecule has 3 aromatic carbocycles. The van der Waals surface area contributed by atoms with Gasteiger partial charge in [0.15, 0.2) is 0 Å². The summed E-state index contributed by atoms with van der Waals surface area (Å²) in [7, 11) is -2.68. The van der Waals surface area contributed by atoms with E-state index in [0.717, 1.165) is 29.8 Å². The summed E-state index contributed by atoms with van der Waals surface area (Å²) in [6.07, 6.45) is 0.393. The first-order valence-corrected chi connectivity index (χ1v) is 13.1. The molecule has 0 aromatic heterocycles. The number of aryl methyl sites for hydroxylation is 1. The highest BCUT2D eigenvalue weighted by atomic mass is 32.2. The summed E-state index contributed by atoms with van der Waals surface area (Å²) >= 11 is 0. The number of hydrogen-bond donors (Lipinski definition) is 3. The van der Waals surface area contributed by atoms with Gasteiger partial charge in [0.2, 0.25) is 5.91 Å². The van der Waals surface area contributed by atoms with Crippen LogP contribution in [0.25, 0.3) is 0 Å². The van der Waals surface area contributed by atoms with Crippen molar-refractivity contribution >= 4 is 33.2 Å². The maximum atomic E-state index is 13.2. The number of ether oxygens (including phenoxy) is 1. The van der Waals surface area contributed by atoms with E-state index in [4.69, 9.17) is 4.74 Å². The molecule has 0 bridgehead atoms. The highest BCUT2D eigenvalue weighted by molar-refractivity contribution is 7.92. The summed E-state index contributed by atoms with van der Waals surface area (Å²) in [6.45, 7) is 5.70. The van der Waals surface area contributed by atoms with E-state index < -0.39 is 27.8 Å². The van der Waals surface area contributed by atoms with Gasteiger partial charge in [-0.15, -0.1) is 0 Å². The maximum absolute atomic E-state index is 13.2. The number of halogens is 1. The van der Waals surface area contributed by atoms with E-state index >= 15 is 0 Å². The standard InChI is InChI=1S/C27H30FN3O5S/c1-17(2)15-24(30-26(32)22-8-6-5-7-18(22)3)27(33)29-20-11-14-25(36-4)23(16-20)31-37(34,35)21-12-9-19(28)10-13-21/h5-14,16-17,24,31H,15H2,1-4H3,(H,29,33)(H,30,32)/t24-/m0/s1. The number of carbonyl (C=O) groups is 2. The van der Waals surface area contributed by atoms with Gasteiger partial charge in [0.25, 0.3) is 15.9 Å². The first-order chi connectivity index (χ1) is 17.5. The van der Waals surface area contributed by atoms with Crippen molar-refractivity contribution in [1.82, 2.24) is 5.32 Å². The molecule has 0 aliphatic heterocycles. The molecule has 37 heavy (non-hydrogen) atoms. The molecule has 3 rings (SSSR count). The summed E-state index contributed by atoms with van der Waals surface area (Å²) in [5.74, 6) is -1.04. The number of methoxy groups -OCH3 is 1. The molecule has 10 heteroatoms. The van der Waals surface area contributed by atoms with Gasteiger partial charge in [0, 0.05) is 11.3 Å². The van der Waals surface area contributed by atoms with Gasteiger partial charge < -0.3 is 15.4 Å². The molecule has 0 saturated heterocycles. The third-order valence-electron chi connectivity index (χ3n) is 5.55. The predicted molar refractivity (Wildman–Crippen MR) is 141 cm³/mol. The fourth-order valence-corrected chi connectivity index (χ4v) is 4.74. The van der Waals surface area contributed by atoms with Crippen LogP contribution in [0.2, 0.25) is 0 Å². The second kappa shape index (κ2) is 11.9. The lowest BCUT2D eigenvalue weighted by Gasteiger charge is -2.21. The third kappa shape index (κ3) is 7.29. The van der Waals surface area contributed by atoms with Crippen LogP contribution in [0.1, 0.15) is 36.2 Å². The Morgan fingerprint density at radius 2 is 1.68 bits per heavy atom. The van der Waals surface area contributed by atoms with E-state index in [1.807, 2.05) is 32.9 Å². The van der Waals surface area contributed by atoms with Crippen LogP contribution in [-0.2, 0) is 14.8 Å². The van der Waals surface area contributed by atoms with Crippen molar-refractivity contribution in [3.8, 4) is 5.75 Å². The first-order valence-electron chi connectivity index (χ1n) is 11.6. The summed E-state index contributed by atoms with van der Waals surface area (Å²) in [5.41, 5.74) is 1.64. The fourth-order valence-electron chi connectivity index (χ4n) is 3.68. The van der Waals surface area contributed by atoms with Gasteiger partial charge in [-0.3, -0.25) is 14.3 Å². The van der Waals surface area contributed by atoms with Crippen LogP contribution in [0.3, 0.4) is 0 Å². The van der Waals surface area contributed by atoms with Gasteiger partial charge in [0.1, 0.15) is 17.6 Å². The molecule has 1 atom stereocenters. The summed E-state index contributed by atoms with van der Waals surface area (Å²) in [4.78, 5) is 25.9. The van der Waals surface area contributed by atoms with Crippen molar-refractivity contribution in [2.75, 3.05) is 17.1 Å². The van der Waals surface area contributed by atoms with E-state index in [9.17, 15) is 22.4 Å². The molecule has 0 aliphatic rings. The van der Waals surface area contributed by atoms with Crippen LogP contribution in [0.4, 0.5) is 15.8 Å². The number of rotatable bonds is 10. The quantitative estimate of drug-likeness (QED) is 0.353. The zero-order chi connectivity index (χ0) is 27.2. The van der Waals surface area contributed by atoms with Crippen molar-refractivity contribution in [2.24, 2.45) is 5.92 Å². The number of nitrogens with one attached hydrogen (secondary N) is 3. The van der Waals surface area contributed by atoms with Crippen molar-refractivity contribution in [1.29, 1.82) is 0 Å². The lowest BCUT2D eigenvalue weighted by Crippen LogP contribution is -2.44. The summed E-state index contributed by atoms with van der Waals surface area (Å²) < 4.78 is 46.5. The molecule has 0 aliphatic carbocycles. The Morgan fingerprint density at radius 3 is 2.30 bits per heavy atom. The van der Waals surface area contributed by atoms with Crippen LogP contribution < -0.4 is 20.1 Å². The van der Waals surface area contributed by atoms with Gasteiger partial charge in [-0.25, -0.2) is 12.8 Å². The smallest absolute Gasteiger partial charge is 0.262 e. The molecule has 2 amide bonds. The first kappa shape index (κ1) is 27.7. The number of benzene rings is 3. The highest BCUT2D eigenvalue weighted by Gasteiger charge is 2.24. The van der Waals surface area contributed by atoms with Crippen LogP contribution in [-0.4, -0.2) is 33.4 Å². The average molecular weight is 528 g/mol. The molecule has 0 radical (unpaired) electrons. The minimum atomic E-state index is -4.06. The van der Waals surface area contributed by atoms with Crippen LogP contribution in [0, 0.1) is 18.7 Å². The number of anilines is 2. The zero-order valence-electron chi connectivity index (χ0n) is 21.0. The van der Waals surface area contributed by atoms with Crippen molar-refractivity contribution < 1.29 is 27.1 Å². The Balaban J connectivity index is 1.82. The van der Waals surface area contributed by atoms with Gasteiger partial charge >= 0.3 is 0 Å². The minimum Gasteiger partial charge on any atom is -0.495 e. The number of sulfonamides is 1. The SMILES string of the molecule is COc1ccc(NC(=O)[C@H](CC(C)C)NC(=O)c2ccccc2C)cc1NS(=O)(=O)c1ccc(F)cc1. The topological polar surface area (TPSA) is 114 Å². The summed E-state index contributed by atoms with van der Waals surface area (Å²) in [5, 5.41) is 5.56. The molecule has 3 N–H and O–H groups in total. The molecule has 0 heterocycles. The van der Waals surface area contributed by atoms with E-state index in [1.165, 1.54) is 19.2 Å². The molecule has 8 nitrogen and oxygen atoms in total. The van der Waals surface area contributed by atoms with Crippen molar-refractivity contribution in [2.45, 2.75) is 38.1 Å². The molecule has 3 aromatic rings. The largest absolute Gasteiger partial charge is 0.495 e. The molecular weight excluding hydrogens is 497 g/mol. The third-order valence-corrected chi connectivity index (χ3v) is 6.94. The predicted octanol–water partition coefficient (Wildman–Crippen LogP) is 4.73. The van der Waals surface area contributed by atoms with Crippen LogP contribution >= 0.6 is 0 Å². The van der Waals surface area contributed by atoms with Crippen LogP contribution in [0.15, 0.2) is 71.6 Å². The second-order valence-electron chi connectivity index (χ2n) is 8.93. The lowest BCUT2D eigenvalue weighted by molar-refractivity contribution is -0.118. The molecule has 0 fully saturated rings. The maximum Gasteiger partial charge on any atom is 0.262 e. The highest BCUT2D eigenvalue weighted by Crippen LogP contribution is 2.30. The second-order valence-corrected chi connectivity index (χ2v) is 10.6. The van der Waals surface area contributed by atoms with Gasteiger partial charge in [-0.05, 0) is 73.4 Å². The van der Waals surface area contributed by atoms with E-state index in [0.29, 0.717) is 17.7 Å². The number of hydrogen-bond acceptors (Lipinski definition) is 5. The Morgan fingerprint density at radius 1 is 1.00 bits per heavy atom. The number of carbonyl (C=O) groups excluding carboxylic acids is 2. The average Bonchev–Trinajstić information content (AvgIpc) is 2.83. The Hall–Kier alpha value is -3.92. The fraction of sp³-hybridized carbons (Fsp3) is 0.259. The zero-order valence-corrected chi connectivity index (χ0v) is 21.9. The molecule has 196 valence electrons. The van der Waals surface area contributed by atoms with E-state index in [2.05, 4.69) is 15.4 Å². The monoisotopic (exact) mass is 527 g/mol. The number of amides is 2. The normalized spacial score (nSPS) is 12.1. The Bertz CT molecular complexity index is 1380. The minimum absolute atomic E-state index is 0.0778. The summed E-state index contributed by atoms with van der Waals surface area (Å²) in [6, 6.07) is 15.1. The van der Waals surface area contributed by atoms with Gasteiger partial charge in [-0.2, -0.15) is 0 Å². The van der Waals surface area contributed by atoms with Crippen LogP contribution in [0.5, 0.6) is 5.75 Å². The molecule has 0 unspecified atom stereocenters. The van der Waals surface area contributed by atoms with Gasteiger partial charge in [0.05, 0.1) is 17.7 Å². The van der Waals surface area contributed by atoms with E-state index in [1.54, 1.807) is 18.2 Å².